The van der Waals surface area contributed by atoms with Gasteiger partial charge in [-0.25, -0.2) is 4.98 Å². The molecular formula is C19H15ClN4O3. The van der Waals surface area contributed by atoms with Gasteiger partial charge in [-0.05, 0) is 18.2 Å². The first kappa shape index (κ1) is 17.2. The van der Waals surface area contributed by atoms with Crippen molar-refractivity contribution < 1.29 is 9.59 Å². The molecule has 1 saturated heterocycles. The Hall–Kier alpha value is -3.19. The summed E-state index contributed by atoms with van der Waals surface area (Å²) in [6.45, 7) is 0.561. The summed E-state index contributed by atoms with van der Waals surface area (Å²) in [5.74, 6) is -0.887. The molecule has 8 heteroatoms. The monoisotopic (exact) mass is 382 g/mol. The maximum atomic E-state index is 13.2. The number of amides is 2. The van der Waals surface area contributed by atoms with Crippen molar-refractivity contribution >= 4 is 29.1 Å². The number of carbonyl (C=O) groups is 2. The van der Waals surface area contributed by atoms with E-state index in [1.807, 2.05) is 0 Å². The summed E-state index contributed by atoms with van der Waals surface area (Å²) in [7, 11) is 0. The molecule has 1 atom stereocenters. The second-order valence-corrected chi connectivity index (χ2v) is 6.53. The number of nitrogens with one attached hydrogen (secondary N) is 1. The lowest BCUT2D eigenvalue weighted by atomic mass is 10.0. The third-order valence-corrected chi connectivity index (χ3v) is 4.86. The van der Waals surface area contributed by atoms with Crippen molar-refractivity contribution in [1.82, 2.24) is 19.6 Å². The Bertz CT molecular complexity index is 1110. The predicted octanol–water partition coefficient (Wildman–Crippen LogP) is 1.66. The summed E-state index contributed by atoms with van der Waals surface area (Å²) < 4.78 is 1.31. The van der Waals surface area contributed by atoms with Crippen LogP contribution in [0.3, 0.4) is 0 Å². The highest BCUT2D eigenvalue weighted by Gasteiger charge is 2.36. The van der Waals surface area contributed by atoms with E-state index in [1.54, 1.807) is 48.7 Å². The Morgan fingerprint density at radius 3 is 2.74 bits per heavy atom. The van der Waals surface area contributed by atoms with Crippen molar-refractivity contribution in [3.63, 3.8) is 0 Å². The average Bonchev–Trinajstić information content (AvgIpc) is 2.69. The Morgan fingerprint density at radius 2 is 1.93 bits per heavy atom. The third-order valence-electron chi connectivity index (χ3n) is 4.52. The van der Waals surface area contributed by atoms with E-state index in [-0.39, 0.29) is 18.0 Å². The van der Waals surface area contributed by atoms with Crippen LogP contribution in [0, 0.1) is 0 Å². The molecule has 1 aliphatic heterocycles. The van der Waals surface area contributed by atoms with Crippen molar-refractivity contribution in [3.8, 4) is 0 Å². The fourth-order valence-electron chi connectivity index (χ4n) is 3.22. The molecule has 1 fully saturated rings. The van der Waals surface area contributed by atoms with Crippen LogP contribution in [-0.2, 0) is 4.79 Å². The van der Waals surface area contributed by atoms with Gasteiger partial charge in [0.2, 0.25) is 5.91 Å². The topological polar surface area (TPSA) is 83.8 Å². The number of benzene rings is 1. The summed E-state index contributed by atoms with van der Waals surface area (Å²) in [6, 6.07) is 11.1. The zero-order valence-corrected chi connectivity index (χ0v) is 14.9. The minimum atomic E-state index is -0.907. The van der Waals surface area contributed by atoms with Crippen LogP contribution in [0.5, 0.6) is 0 Å². The molecule has 3 aromatic rings. The van der Waals surface area contributed by atoms with Crippen LogP contribution in [-0.4, -0.2) is 39.2 Å². The van der Waals surface area contributed by atoms with Gasteiger partial charge in [-0.1, -0.05) is 35.9 Å². The van der Waals surface area contributed by atoms with Crippen LogP contribution in [0.25, 0.3) is 5.65 Å². The third kappa shape index (κ3) is 2.96. The van der Waals surface area contributed by atoms with Crippen molar-refractivity contribution in [2.45, 2.75) is 6.04 Å². The second kappa shape index (κ2) is 6.85. The standard InChI is InChI=1S/C19H15ClN4O3/c20-14-6-2-1-5-12(14)16-17(25)21-8-10-24(16)19(27)13-11-22-15-7-3-4-9-23(15)18(13)26/h1-7,9,11,16H,8,10H2,(H,21,25)/t16-/m1/s1. The van der Waals surface area contributed by atoms with Gasteiger partial charge in [-0.3, -0.25) is 18.8 Å². The highest BCUT2D eigenvalue weighted by molar-refractivity contribution is 6.31. The lowest BCUT2D eigenvalue weighted by Crippen LogP contribution is -2.53. The zero-order chi connectivity index (χ0) is 19.0. The van der Waals surface area contributed by atoms with Gasteiger partial charge in [0.1, 0.15) is 17.3 Å². The summed E-state index contributed by atoms with van der Waals surface area (Å²) in [4.78, 5) is 44.0. The number of nitrogens with zero attached hydrogens (tertiary/aromatic N) is 3. The van der Waals surface area contributed by atoms with Gasteiger partial charge in [0.25, 0.3) is 11.5 Å². The largest absolute Gasteiger partial charge is 0.352 e. The second-order valence-electron chi connectivity index (χ2n) is 6.12. The fraction of sp³-hybridized carbons (Fsp3) is 0.158. The number of pyridine rings is 1. The number of hydrogen-bond donors (Lipinski definition) is 1. The predicted molar refractivity (Wildman–Crippen MR) is 99.7 cm³/mol. The first-order valence-electron chi connectivity index (χ1n) is 8.37. The first-order valence-corrected chi connectivity index (χ1v) is 8.75. The Balaban J connectivity index is 1.80. The molecule has 27 heavy (non-hydrogen) atoms. The normalized spacial score (nSPS) is 17.0. The van der Waals surface area contributed by atoms with Crippen LogP contribution in [0.2, 0.25) is 5.02 Å². The molecule has 0 unspecified atom stereocenters. The van der Waals surface area contributed by atoms with E-state index in [2.05, 4.69) is 10.3 Å². The van der Waals surface area contributed by atoms with Gasteiger partial charge < -0.3 is 10.2 Å². The highest BCUT2D eigenvalue weighted by atomic mass is 35.5. The molecule has 0 aliphatic carbocycles. The summed E-state index contributed by atoms with van der Waals surface area (Å²) >= 11 is 6.25. The van der Waals surface area contributed by atoms with Gasteiger partial charge in [-0.2, -0.15) is 0 Å². The molecular weight excluding hydrogens is 368 g/mol. The van der Waals surface area contributed by atoms with E-state index in [0.717, 1.165) is 0 Å². The molecule has 136 valence electrons. The fourth-order valence-corrected chi connectivity index (χ4v) is 3.46. The molecule has 1 aliphatic rings. The van der Waals surface area contributed by atoms with Gasteiger partial charge in [-0.15, -0.1) is 0 Å². The first-order chi connectivity index (χ1) is 13.1. The van der Waals surface area contributed by atoms with Gasteiger partial charge in [0.05, 0.1) is 0 Å². The van der Waals surface area contributed by atoms with E-state index in [4.69, 9.17) is 11.6 Å². The number of hydrogen-bond acceptors (Lipinski definition) is 4. The molecule has 0 saturated carbocycles. The zero-order valence-electron chi connectivity index (χ0n) is 14.1. The number of halogens is 1. The number of rotatable bonds is 2. The van der Waals surface area contributed by atoms with Gasteiger partial charge >= 0.3 is 0 Å². The smallest absolute Gasteiger partial charge is 0.270 e. The molecule has 4 rings (SSSR count). The quantitative estimate of drug-likeness (QED) is 0.730. The summed E-state index contributed by atoms with van der Waals surface area (Å²) in [5.41, 5.74) is 0.386. The molecule has 0 bridgehead atoms. The van der Waals surface area contributed by atoms with E-state index in [9.17, 15) is 14.4 Å². The molecule has 1 aromatic carbocycles. The lowest BCUT2D eigenvalue weighted by Gasteiger charge is -2.35. The molecule has 3 heterocycles. The van der Waals surface area contributed by atoms with E-state index < -0.39 is 17.5 Å². The Kier molecular flexibility index (Phi) is 4.37. The molecule has 1 N–H and O–H groups in total. The van der Waals surface area contributed by atoms with E-state index >= 15 is 0 Å². The number of aromatic nitrogens is 2. The average molecular weight is 383 g/mol. The number of fused-ring (bicyclic) bond motifs is 1. The number of carbonyl (C=O) groups excluding carboxylic acids is 2. The minimum Gasteiger partial charge on any atom is -0.352 e. The van der Waals surface area contributed by atoms with Crippen molar-refractivity contribution in [2.24, 2.45) is 0 Å². The molecule has 2 amide bonds. The molecule has 7 nitrogen and oxygen atoms in total. The minimum absolute atomic E-state index is 0.0922. The Morgan fingerprint density at radius 1 is 1.15 bits per heavy atom. The summed E-state index contributed by atoms with van der Waals surface area (Å²) in [5, 5.41) is 3.13. The molecule has 2 aromatic heterocycles. The SMILES string of the molecule is O=C1NCCN(C(=O)c2cnc3ccccn3c2=O)[C@@H]1c1ccccc1Cl. The maximum absolute atomic E-state index is 13.2. The van der Waals surface area contributed by atoms with Crippen LogP contribution < -0.4 is 10.9 Å². The van der Waals surface area contributed by atoms with Gasteiger partial charge in [0.15, 0.2) is 0 Å². The summed E-state index contributed by atoms with van der Waals surface area (Å²) in [6.07, 6.45) is 2.81. The van der Waals surface area contributed by atoms with E-state index in [0.29, 0.717) is 22.8 Å². The van der Waals surface area contributed by atoms with Crippen molar-refractivity contribution in [3.05, 3.63) is 81.4 Å². The van der Waals surface area contributed by atoms with E-state index in [1.165, 1.54) is 15.5 Å². The molecule has 0 spiro atoms. The highest BCUT2D eigenvalue weighted by Crippen LogP contribution is 2.30. The Labute approximate surface area is 159 Å². The van der Waals surface area contributed by atoms with Crippen molar-refractivity contribution in [1.29, 1.82) is 0 Å². The van der Waals surface area contributed by atoms with Crippen LogP contribution >= 0.6 is 11.6 Å². The van der Waals surface area contributed by atoms with Crippen LogP contribution in [0.4, 0.5) is 0 Å². The number of piperazine rings is 1. The lowest BCUT2D eigenvalue weighted by molar-refractivity contribution is -0.128. The van der Waals surface area contributed by atoms with Gasteiger partial charge in [0, 0.05) is 36.1 Å². The maximum Gasteiger partial charge on any atom is 0.270 e. The molecule has 0 radical (unpaired) electrons. The van der Waals surface area contributed by atoms with Crippen LogP contribution in [0.15, 0.2) is 59.7 Å². The van der Waals surface area contributed by atoms with Crippen molar-refractivity contribution in [2.75, 3.05) is 13.1 Å². The van der Waals surface area contributed by atoms with Crippen LogP contribution in [0.1, 0.15) is 22.0 Å².